The summed E-state index contributed by atoms with van der Waals surface area (Å²) in [5, 5.41) is 9.41. The lowest BCUT2D eigenvalue weighted by Crippen LogP contribution is -2.48. The molecule has 1 heterocycles. The standard InChI is InChI=1S/C23H35N3O3/c1-23(2,3)20-8-6-19(7-9-20)16-21-17-25(5)11-10-24(4)12-14-29-15-13-26(21)18-22(27)28/h4-9,21H,10-18H2,1-3H3,(H,27,28)/t21-/m0/s1. The van der Waals surface area contributed by atoms with Gasteiger partial charge in [-0.2, -0.15) is 0 Å². The van der Waals surface area contributed by atoms with Gasteiger partial charge in [-0.05, 0) is 23.0 Å². The highest BCUT2D eigenvalue weighted by Gasteiger charge is 2.24. The second kappa shape index (κ2) is 11.1. The highest BCUT2D eigenvalue weighted by Crippen LogP contribution is 2.23. The maximum absolute atomic E-state index is 11.5. The molecular formula is C23H35N3O3. The van der Waals surface area contributed by atoms with Crippen LogP contribution < -0.4 is 0 Å². The summed E-state index contributed by atoms with van der Waals surface area (Å²) in [6.45, 7) is 10.5. The first-order valence-electron chi connectivity index (χ1n) is 10.3. The topological polar surface area (TPSA) is 56.3 Å². The first-order valence-corrected chi connectivity index (χ1v) is 10.3. The van der Waals surface area contributed by atoms with Crippen LogP contribution in [0.3, 0.4) is 0 Å². The van der Waals surface area contributed by atoms with Crippen LogP contribution >= 0.6 is 0 Å². The fourth-order valence-electron chi connectivity index (χ4n) is 3.48. The van der Waals surface area contributed by atoms with Crippen molar-refractivity contribution in [1.82, 2.24) is 14.7 Å². The van der Waals surface area contributed by atoms with Crippen molar-refractivity contribution >= 4 is 5.97 Å². The Hall–Kier alpha value is -1.47. The molecule has 4 radical (unpaired) electrons. The Bertz CT molecular complexity index is 627. The lowest BCUT2D eigenvalue weighted by atomic mass is 9.86. The van der Waals surface area contributed by atoms with E-state index >= 15 is 0 Å². The predicted molar refractivity (Wildman–Crippen MR) is 114 cm³/mol. The van der Waals surface area contributed by atoms with Crippen molar-refractivity contribution in [2.45, 2.75) is 38.6 Å². The monoisotopic (exact) mass is 401 g/mol. The molecule has 1 fully saturated rings. The van der Waals surface area contributed by atoms with Crippen molar-refractivity contribution in [3.05, 3.63) is 49.5 Å². The van der Waals surface area contributed by atoms with Gasteiger partial charge in [0.05, 0.1) is 19.8 Å². The van der Waals surface area contributed by atoms with E-state index in [1.807, 2.05) is 4.90 Å². The summed E-state index contributed by atoms with van der Waals surface area (Å²) >= 11 is 0. The third kappa shape index (κ3) is 8.42. The number of rotatable bonds is 4. The maximum Gasteiger partial charge on any atom is 0.317 e. The molecule has 1 aromatic carbocycles. The van der Waals surface area contributed by atoms with E-state index in [0.29, 0.717) is 45.9 Å². The lowest BCUT2D eigenvalue weighted by Gasteiger charge is -2.34. The van der Waals surface area contributed by atoms with E-state index in [1.54, 1.807) is 9.80 Å². The van der Waals surface area contributed by atoms with Gasteiger partial charge >= 0.3 is 5.97 Å². The molecule has 1 aliphatic rings. The number of nitrogens with zero attached hydrogens (tertiary/aromatic N) is 3. The number of aliphatic carboxylic acids is 1. The van der Waals surface area contributed by atoms with Gasteiger partial charge in [-0.3, -0.25) is 19.5 Å². The minimum atomic E-state index is -0.845. The third-order valence-corrected chi connectivity index (χ3v) is 5.31. The highest BCUT2D eigenvalue weighted by atomic mass is 16.5. The minimum absolute atomic E-state index is 0.0363. The zero-order chi connectivity index (χ0) is 21.4. The van der Waals surface area contributed by atoms with E-state index in [4.69, 9.17) is 18.8 Å². The van der Waals surface area contributed by atoms with Gasteiger partial charge in [0.1, 0.15) is 0 Å². The Balaban J connectivity index is 2.17. The molecule has 0 amide bonds. The predicted octanol–water partition coefficient (Wildman–Crippen LogP) is 2.25. The highest BCUT2D eigenvalue weighted by molar-refractivity contribution is 5.69. The van der Waals surface area contributed by atoms with Crippen molar-refractivity contribution in [2.75, 3.05) is 52.5 Å². The number of hydrogen-bond donors (Lipinski definition) is 1. The van der Waals surface area contributed by atoms with Crippen molar-refractivity contribution < 1.29 is 14.6 Å². The quantitative estimate of drug-likeness (QED) is 0.835. The number of hydrogen-bond acceptors (Lipinski definition) is 5. The summed E-state index contributed by atoms with van der Waals surface area (Å²) < 4.78 is 5.67. The summed E-state index contributed by atoms with van der Waals surface area (Å²) in [5.41, 5.74) is 2.54. The normalized spacial score (nSPS) is 22.0. The fraction of sp³-hybridized carbons (Fsp3) is 0.609. The molecular weight excluding hydrogens is 366 g/mol. The van der Waals surface area contributed by atoms with Gasteiger partial charge in [0, 0.05) is 52.9 Å². The third-order valence-electron chi connectivity index (χ3n) is 5.31. The molecule has 29 heavy (non-hydrogen) atoms. The average molecular weight is 402 g/mol. The Labute approximate surface area is 176 Å². The van der Waals surface area contributed by atoms with Crippen LogP contribution in [-0.2, 0) is 21.4 Å². The van der Waals surface area contributed by atoms with Crippen LogP contribution in [0.5, 0.6) is 0 Å². The minimum Gasteiger partial charge on any atom is -0.480 e. The SMILES string of the molecule is [CH]N1CCOCCN(CC(=O)O)[C@@H](Cc2ccc(C(C)(C)C)cc2)CN([CH])CC1. The molecule has 1 saturated heterocycles. The Morgan fingerprint density at radius 1 is 1.07 bits per heavy atom. The van der Waals surface area contributed by atoms with Gasteiger partial charge in [-0.25, -0.2) is 0 Å². The zero-order valence-electron chi connectivity index (χ0n) is 18.0. The molecule has 160 valence electrons. The van der Waals surface area contributed by atoms with Crippen LogP contribution in [-0.4, -0.2) is 84.3 Å². The van der Waals surface area contributed by atoms with Crippen molar-refractivity contribution in [1.29, 1.82) is 0 Å². The van der Waals surface area contributed by atoms with Crippen molar-refractivity contribution in [3.63, 3.8) is 0 Å². The number of benzene rings is 1. The largest absolute Gasteiger partial charge is 0.480 e. The Morgan fingerprint density at radius 3 is 2.31 bits per heavy atom. The number of ether oxygens (including phenoxy) is 1. The molecule has 6 nitrogen and oxygen atoms in total. The van der Waals surface area contributed by atoms with E-state index in [-0.39, 0.29) is 18.0 Å². The van der Waals surface area contributed by atoms with E-state index in [9.17, 15) is 9.90 Å². The van der Waals surface area contributed by atoms with Gasteiger partial charge in [-0.15, -0.1) is 0 Å². The average Bonchev–Trinajstić information content (AvgIpc) is 2.63. The lowest BCUT2D eigenvalue weighted by molar-refractivity contribution is -0.139. The summed E-state index contributed by atoms with van der Waals surface area (Å²) in [4.78, 5) is 16.9. The Kier molecular flexibility index (Phi) is 9.08. The summed E-state index contributed by atoms with van der Waals surface area (Å²) in [6.07, 6.45) is 0.720. The van der Waals surface area contributed by atoms with Crippen molar-refractivity contribution in [2.24, 2.45) is 0 Å². The second-order valence-corrected chi connectivity index (χ2v) is 8.81. The molecule has 1 atom stereocenters. The van der Waals surface area contributed by atoms with Crippen molar-refractivity contribution in [3.8, 4) is 0 Å². The zero-order valence-corrected chi connectivity index (χ0v) is 18.0. The first kappa shape index (κ1) is 23.8. The summed E-state index contributed by atoms with van der Waals surface area (Å²) in [6, 6.07) is 8.54. The molecule has 0 unspecified atom stereocenters. The molecule has 0 spiro atoms. The van der Waals surface area contributed by atoms with Crippen LogP contribution in [0.4, 0.5) is 0 Å². The molecule has 1 aliphatic heterocycles. The number of carbonyl (C=O) groups is 1. The first-order chi connectivity index (χ1) is 13.6. The maximum atomic E-state index is 11.5. The van der Waals surface area contributed by atoms with E-state index in [2.05, 4.69) is 45.0 Å². The fourth-order valence-corrected chi connectivity index (χ4v) is 3.48. The molecule has 0 bridgehead atoms. The van der Waals surface area contributed by atoms with Crippen LogP contribution in [0.1, 0.15) is 31.9 Å². The van der Waals surface area contributed by atoms with Gasteiger partial charge in [0.25, 0.3) is 0 Å². The van der Waals surface area contributed by atoms with E-state index < -0.39 is 5.97 Å². The van der Waals surface area contributed by atoms with E-state index in [1.165, 1.54) is 11.1 Å². The summed E-state index contributed by atoms with van der Waals surface area (Å²) in [5.74, 6) is -0.845. The van der Waals surface area contributed by atoms with Gasteiger partial charge in [0.2, 0.25) is 0 Å². The molecule has 1 N–H and O–H groups in total. The molecule has 0 aromatic heterocycles. The van der Waals surface area contributed by atoms with Gasteiger partial charge in [0.15, 0.2) is 0 Å². The molecule has 0 saturated carbocycles. The van der Waals surface area contributed by atoms with Crippen LogP contribution in [0.25, 0.3) is 0 Å². The molecule has 2 rings (SSSR count). The van der Waals surface area contributed by atoms with Gasteiger partial charge < -0.3 is 9.84 Å². The van der Waals surface area contributed by atoms with Crippen LogP contribution in [0.2, 0.25) is 0 Å². The molecule has 1 aromatic rings. The smallest absolute Gasteiger partial charge is 0.317 e. The van der Waals surface area contributed by atoms with Crippen LogP contribution in [0.15, 0.2) is 24.3 Å². The second-order valence-electron chi connectivity index (χ2n) is 8.81. The number of carboxylic acid groups (broad SMARTS) is 1. The number of carboxylic acids is 1. The summed E-state index contributed by atoms with van der Waals surface area (Å²) in [7, 11) is 12.2. The molecule has 0 aliphatic carbocycles. The Morgan fingerprint density at radius 2 is 1.69 bits per heavy atom. The van der Waals surface area contributed by atoms with E-state index in [0.717, 1.165) is 6.42 Å². The molecule has 6 heteroatoms. The van der Waals surface area contributed by atoms with Gasteiger partial charge in [-0.1, -0.05) is 45.0 Å². The van der Waals surface area contributed by atoms with Crippen LogP contribution in [0, 0.1) is 14.1 Å².